The van der Waals surface area contributed by atoms with Crippen molar-refractivity contribution >= 4 is 22.5 Å². The fourth-order valence-electron chi connectivity index (χ4n) is 3.22. The molecule has 0 radical (unpaired) electrons. The Kier molecular flexibility index (Phi) is 4.19. The van der Waals surface area contributed by atoms with Crippen LogP contribution in [0.2, 0.25) is 0 Å². The van der Waals surface area contributed by atoms with Crippen LogP contribution in [0.4, 0.5) is 15.9 Å². The van der Waals surface area contributed by atoms with E-state index in [9.17, 15) is 4.39 Å². The molecule has 1 saturated heterocycles. The number of halogens is 1. The van der Waals surface area contributed by atoms with Crippen LogP contribution in [0.3, 0.4) is 0 Å². The lowest BCUT2D eigenvalue weighted by Gasteiger charge is -2.36. The van der Waals surface area contributed by atoms with Crippen LogP contribution in [0, 0.1) is 5.82 Å². The predicted octanol–water partition coefficient (Wildman–Crippen LogP) is 1.28. The van der Waals surface area contributed by atoms with E-state index >= 15 is 0 Å². The van der Waals surface area contributed by atoms with Crippen molar-refractivity contribution in [1.82, 2.24) is 19.7 Å². The van der Waals surface area contributed by atoms with Gasteiger partial charge in [0.15, 0.2) is 5.65 Å². The molecule has 0 spiro atoms. The first kappa shape index (κ1) is 15.8. The summed E-state index contributed by atoms with van der Waals surface area (Å²) in [6.07, 6.45) is 3.30. The maximum atomic E-state index is 13.1. The largest absolute Gasteiger partial charge is 0.394 e. The average Bonchev–Trinajstić information content (AvgIpc) is 3.06. The molecule has 1 N–H and O–H groups in total. The van der Waals surface area contributed by atoms with Crippen LogP contribution in [-0.4, -0.2) is 57.6 Å². The smallest absolute Gasteiger partial charge is 0.163 e. The lowest BCUT2D eigenvalue weighted by Crippen LogP contribution is -2.46. The molecular formula is C17H19FN6O. The molecule has 0 atom stereocenters. The molecule has 130 valence electrons. The number of aliphatic hydroxyl groups is 1. The van der Waals surface area contributed by atoms with E-state index in [0.29, 0.717) is 6.54 Å². The quantitative estimate of drug-likeness (QED) is 0.770. The second-order valence-corrected chi connectivity index (χ2v) is 5.98. The first-order valence-electron chi connectivity index (χ1n) is 8.29. The second kappa shape index (κ2) is 6.64. The minimum absolute atomic E-state index is 0.0203. The second-order valence-electron chi connectivity index (χ2n) is 5.98. The van der Waals surface area contributed by atoms with Gasteiger partial charge in [-0.25, -0.2) is 19.0 Å². The first-order valence-corrected chi connectivity index (χ1v) is 8.29. The summed E-state index contributed by atoms with van der Waals surface area (Å²) in [6, 6.07) is 6.61. The molecule has 0 saturated carbocycles. The van der Waals surface area contributed by atoms with E-state index in [1.165, 1.54) is 12.1 Å². The average molecular weight is 342 g/mol. The lowest BCUT2D eigenvalue weighted by atomic mass is 10.2. The van der Waals surface area contributed by atoms with Gasteiger partial charge in [-0.1, -0.05) is 0 Å². The van der Waals surface area contributed by atoms with Crippen molar-refractivity contribution in [2.75, 3.05) is 42.6 Å². The van der Waals surface area contributed by atoms with Crippen LogP contribution < -0.4 is 9.80 Å². The topological polar surface area (TPSA) is 70.3 Å². The molecule has 3 heterocycles. The van der Waals surface area contributed by atoms with Gasteiger partial charge in [-0.15, -0.1) is 0 Å². The van der Waals surface area contributed by atoms with Gasteiger partial charge in [0.2, 0.25) is 0 Å². The number of anilines is 2. The molecule has 2 aromatic heterocycles. The van der Waals surface area contributed by atoms with E-state index in [0.717, 1.165) is 48.7 Å². The van der Waals surface area contributed by atoms with Crippen molar-refractivity contribution in [2.45, 2.75) is 6.54 Å². The highest BCUT2D eigenvalue weighted by atomic mass is 19.1. The van der Waals surface area contributed by atoms with Crippen LogP contribution in [0.15, 0.2) is 36.8 Å². The van der Waals surface area contributed by atoms with E-state index in [1.807, 2.05) is 12.1 Å². The summed E-state index contributed by atoms with van der Waals surface area (Å²) in [6.45, 7) is 3.73. The van der Waals surface area contributed by atoms with Crippen molar-refractivity contribution in [3.8, 4) is 0 Å². The number of aromatic nitrogens is 4. The normalized spacial score (nSPS) is 15.1. The molecule has 0 bridgehead atoms. The van der Waals surface area contributed by atoms with E-state index in [2.05, 4.69) is 24.9 Å². The van der Waals surface area contributed by atoms with Crippen LogP contribution in [0.25, 0.3) is 11.0 Å². The molecule has 1 aromatic carbocycles. The number of hydrogen-bond acceptors (Lipinski definition) is 6. The highest BCUT2D eigenvalue weighted by Crippen LogP contribution is 2.25. The fraction of sp³-hybridized carbons (Fsp3) is 0.353. The number of fused-ring (bicyclic) bond motifs is 1. The number of rotatable bonds is 4. The number of piperazine rings is 1. The standard InChI is InChI=1S/C17H19FN6O/c18-13-1-3-14(4-2-13)22-5-7-23(8-6-22)16-15-11-21-24(9-10-25)17(15)20-12-19-16/h1-4,11-12,25H,5-10H2. The maximum absolute atomic E-state index is 13.1. The summed E-state index contributed by atoms with van der Waals surface area (Å²) >= 11 is 0. The molecule has 8 heteroatoms. The van der Waals surface area contributed by atoms with Crippen LogP contribution in [0.1, 0.15) is 0 Å². The molecule has 0 unspecified atom stereocenters. The number of benzene rings is 1. The molecule has 1 aliphatic heterocycles. The fourth-order valence-corrected chi connectivity index (χ4v) is 3.22. The van der Waals surface area contributed by atoms with Gasteiger partial charge in [-0.2, -0.15) is 5.10 Å². The number of hydrogen-bond donors (Lipinski definition) is 1. The zero-order valence-corrected chi connectivity index (χ0v) is 13.7. The van der Waals surface area contributed by atoms with E-state index < -0.39 is 0 Å². The van der Waals surface area contributed by atoms with Crippen LogP contribution in [0.5, 0.6) is 0 Å². The SMILES string of the molecule is OCCn1ncc2c(N3CCN(c4ccc(F)cc4)CC3)ncnc21. The van der Waals surface area contributed by atoms with Gasteiger partial charge in [0.1, 0.15) is 18.0 Å². The van der Waals surface area contributed by atoms with Crippen molar-refractivity contribution in [3.05, 3.63) is 42.6 Å². The Hall–Kier alpha value is -2.74. The molecule has 1 aliphatic rings. The Morgan fingerprint density at radius 3 is 2.44 bits per heavy atom. The molecule has 3 aromatic rings. The molecule has 0 aliphatic carbocycles. The molecule has 25 heavy (non-hydrogen) atoms. The Balaban J connectivity index is 1.52. The van der Waals surface area contributed by atoms with Gasteiger partial charge >= 0.3 is 0 Å². The predicted molar refractivity (Wildman–Crippen MR) is 93.2 cm³/mol. The van der Waals surface area contributed by atoms with Crippen molar-refractivity contribution in [1.29, 1.82) is 0 Å². The zero-order valence-electron chi connectivity index (χ0n) is 13.7. The number of nitrogens with zero attached hydrogens (tertiary/aromatic N) is 6. The van der Waals surface area contributed by atoms with Gasteiger partial charge in [0.05, 0.1) is 24.7 Å². The van der Waals surface area contributed by atoms with Gasteiger partial charge < -0.3 is 14.9 Å². The highest BCUT2D eigenvalue weighted by Gasteiger charge is 2.21. The lowest BCUT2D eigenvalue weighted by molar-refractivity contribution is 0.271. The molecule has 0 amide bonds. The van der Waals surface area contributed by atoms with Gasteiger partial charge in [-0.3, -0.25) is 0 Å². The maximum Gasteiger partial charge on any atom is 0.163 e. The molecule has 7 nitrogen and oxygen atoms in total. The third-order valence-electron chi connectivity index (χ3n) is 4.50. The van der Waals surface area contributed by atoms with E-state index in [1.54, 1.807) is 17.2 Å². The van der Waals surface area contributed by atoms with Gasteiger partial charge in [0, 0.05) is 31.9 Å². The Labute approximate surface area is 144 Å². The van der Waals surface area contributed by atoms with Gasteiger partial charge in [0.25, 0.3) is 0 Å². The van der Waals surface area contributed by atoms with E-state index in [-0.39, 0.29) is 12.4 Å². The van der Waals surface area contributed by atoms with Crippen molar-refractivity contribution in [3.63, 3.8) is 0 Å². The summed E-state index contributed by atoms with van der Waals surface area (Å²) in [4.78, 5) is 13.2. The van der Waals surface area contributed by atoms with Crippen LogP contribution >= 0.6 is 0 Å². The number of aliphatic hydroxyl groups excluding tert-OH is 1. The summed E-state index contributed by atoms with van der Waals surface area (Å²) in [7, 11) is 0. The minimum Gasteiger partial charge on any atom is -0.394 e. The van der Waals surface area contributed by atoms with Gasteiger partial charge in [-0.05, 0) is 24.3 Å². The molecule has 1 fully saturated rings. The third-order valence-corrected chi connectivity index (χ3v) is 4.50. The monoisotopic (exact) mass is 342 g/mol. The summed E-state index contributed by atoms with van der Waals surface area (Å²) in [5, 5.41) is 14.3. The minimum atomic E-state index is -0.217. The van der Waals surface area contributed by atoms with E-state index in [4.69, 9.17) is 5.11 Å². The Morgan fingerprint density at radius 2 is 1.72 bits per heavy atom. The summed E-state index contributed by atoms with van der Waals surface area (Å²) in [5.74, 6) is 0.651. The summed E-state index contributed by atoms with van der Waals surface area (Å²) in [5.41, 5.74) is 1.77. The van der Waals surface area contributed by atoms with Crippen LogP contribution in [-0.2, 0) is 6.54 Å². The Morgan fingerprint density at radius 1 is 1.00 bits per heavy atom. The first-order chi connectivity index (χ1) is 12.3. The zero-order chi connectivity index (χ0) is 17.2. The third kappa shape index (κ3) is 3.00. The molecule has 4 rings (SSSR count). The summed E-state index contributed by atoms with van der Waals surface area (Å²) < 4.78 is 14.8. The Bertz CT molecular complexity index is 857. The van der Waals surface area contributed by atoms with Crippen molar-refractivity contribution in [2.24, 2.45) is 0 Å². The molecular weight excluding hydrogens is 323 g/mol. The van der Waals surface area contributed by atoms with Crippen molar-refractivity contribution < 1.29 is 9.50 Å². The highest BCUT2D eigenvalue weighted by molar-refractivity contribution is 5.86.